The Morgan fingerprint density at radius 3 is 2.02 bits per heavy atom. The number of ketones is 1. The number of anilines is 1. The average Bonchev–Trinajstić information content (AvgIpc) is 3.44. The van der Waals surface area contributed by atoms with Gasteiger partial charge in [-0.15, -0.1) is 0 Å². The molecule has 0 aromatic heterocycles. The largest absolute Gasteiger partial charge is 0.506 e. The van der Waals surface area contributed by atoms with E-state index in [4.69, 9.17) is 4.74 Å². The fourth-order valence-electron chi connectivity index (χ4n) is 7.78. The zero-order chi connectivity index (χ0) is 31.2. The lowest BCUT2D eigenvalue weighted by molar-refractivity contribution is -0.135. The van der Waals surface area contributed by atoms with E-state index in [2.05, 4.69) is 0 Å². The quantitative estimate of drug-likeness (QED) is 0.300. The topological polar surface area (TPSA) is 107 Å². The summed E-state index contributed by atoms with van der Waals surface area (Å²) in [6.45, 7) is 3.64. The fraction of sp³-hybridized carbons (Fsp3) is 0.486. The Morgan fingerprint density at radius 2 is 1.45 bits per heavy atom. The van der Waals surface area contributed by atoms with Crippen LogP contribution in [0, 0.1) is 5.92 Å². The molecule has 2 aliphatic heterocycles. The number of phenolic OH excluding ortho intramolecular Hbond substituents is 1. The second-order valence-corrected chi connectivity index (χ2v) is 12.7. The van der Waals surface area contributed by atoms with Crippen LogP contribution in [0.15, 0.2) is 59.7 Å². The number of hydrogen-bond acceptors (Lipinski definition) is 6. The van der Waals surface area contributed by atoms with Crippen LogP contribution in [-0.2, 0) is 9.59 Å². The lowest BCUT2D eigenvalue weighted by Gasteiger charge is -2.45. The lowest BCUT2D eigenvalue weighted by Crippen LogP contribution is -2.65. The first kappa shape index (κ1) is 29.9. The summed E-state index contributed by atoms with van der Waals surface area (Å²) in [7, 11) is 1.54. The summed E-state index contributed by atoms with van der Waals surface area (Å²) in [6.07, 6.45) is 8.24. The van der Waals surface area contributed by atoms with E-state index in [1.807, 2.05) is 13.8 Å². The smallest absolute Gasteiger partial charge is 0.329 e. The van der Waals surface area contributed by atoms with Crippen molar-refractivity contribution in [1.82, 2.24) is 9.80 Å². The van der Waals surface area contributed by atoms with Gasteiger partial charge in [0.1, 0.15) is 11.5 Å². The number of urea groups is 1. The molecule has 9 heteroatoms. The van der Waals surface area contributed by atoms with E-state index < -0.39 is 35.2 Å². The molecule has 1 N–H and O–H groups in total. The van der Waals surface area contributed by atoms with Crippen molar-refractivity contribution >= 4 is 29.3 Å². The number of methoxy groups -OCH3 is 1. The van der Waals surface area contributed by atoms with Gasteiger partial charge >= 0.3 is 6.03 Å². The third-order valence-corrected chi connectivity index (χ3v) is 9.81. The molecule has 2 aromatic rings. The van der Waals surface area contributed by atoms with Gasteiger partial charge in [-0.2, -0.15) is 0 Å². The predicted octanol–water partition coefficient (Wildman–Crippen LogP) is 6.21. The zero-order valence-electron chi connectivity index (χ0n) is 25.8. The number of aromatic hydroxyl groups is 1. The minimum absolute atomic E-state index is 0.00755. The molecule has 232 valence electrons. The van der Waals surface area contributed by atoms with E-state index in [0.29, 0.717) is 31.4 Å². The van der Waals surface area contributed by atoms with Gasteiger partial charge < -0.3 is 9.84 Å². The van der Waals surface area contributed by atoms with Crippen LogP contribution in [0.1, 0.15) is 88.4 Å². The number of hydrogen-bond donors (Lipinski definition) is 1. The van der Waals surface area contributed by atoms with E-state index in [0.717, 1.165) is 38.5 Å². The Bertz CT molecular complexity index is 1500. The molecule has 0 radical (unpaired) electrons. The second-order valence-electron chi connectivity index (χ2n) is 12.7. The van der Waals surface area contributed by atoms with Crippen molar-refractivity contribution in [3.05, 3.63) is 65.2 Å². The van der Waals surface area contributed by atoms with Gasteiger partial charge in [0.05, 0.1) is 18.4 Å². The highest BCUT2D eigenvalue weighted by molar-refractivity contribution is 6.31. The molecule has 9 nitrogen and oxygen atoms in total. The van der Waals surface area contributed by atoms with E-state index >= 15 is 4.79 Å². The van der Waals surface area contributed by atoms with Crippen LogP contribution in [0.3, 0.4) is 0 Å². The summed E-state index contributed by atoms with van der Waals surface area (Å²) in [5, 5.41) is 11.2. The van der Waals surface area contributed by atoms with Crippen molar-refractivity contribution in [2.75, 3.05) is 12.0 Å². The Morgan fingerprint density at radius 1 is 0.864 bits per heavy atom. The molecule has 3 fully saturated rings. The molecule has 1 saturated heterocycles. The van der Waals surface area contributed by atoms with Crippen LogP contribution in [0.2, 0.25) is 0 Å². The van der Waals surface area contributed by atoms with E-state index in [9.17, 15) is 19.5 Å². The molecule has 1 spiro atoms. The minimum atomic E-state index is -2.07. The van der Waals surface area contributed by atoms with Crippen LogP contribution < -0.4 is 9.64 Å². The maximum atomic E-state index is 15.3. The number of imide groups is 1. The van der Waals surface area contributed by atoms with Gasteiger partial charge in [0, 0.05) is 23.2 Å². The summed E-state index contributed by atoms with van der Waals surface area (Å²) in [4.78, 5) is 63.9. The number of phenols is 1. The predicted molar refractivity (Wildman–Crippen MR) is 165 cm³/mol. The van der Waals surface area contributed by atoms with Crippen molar-refractivity contribution in [2.24, 2.45) is 5.92 Å². The summed E-state index contributed by atoms with van der Waals surface area (Å²) >= 11 is 0. The molecule has 2 saturated carbocycles. The Labute approximate surface area is 258 Å². The molecule has 4 aliphatic rings. The maximum Gasteiger partial charge on any atom is 0.329 e. The molecule has 1 unspecified atom stereocenters. The van der Waals surface area contributed by atoms with Gasteiger partial charge in [-0.05, 0) is 68.0 Å². The molecule has 6 rings (SSSR count). The van der Waals surface area contributed by atoms with Gasteiger partial charge in [-0.1, -0.05) is 64.5 Å². The number of carbonyl (C=O) groups is 4. The second kappa shape index (κ2) is 11.7. The third kappa shape index (κ3) is 4.50. The Balaban J connectivity index is 1.66. The van der Waals surface area contributed by atoms with Gasteiger partial charge in [-0.3, -0.25) is 29.1 Å². The number of rotatable bonds is 7. The first-order chi connectivity index (χ1) is 21.2. The number of carbonyl (C=O) groups excluding carboxylic acids is 4. The molecule has 0 bridgehead atoms. The first-order valence-electron chi connectivity index (χ1n) is 16.0. The van der Waals surface area contributed by atoms with E-state index in [-0.39, 0.29) is 40.2 Å². The van der Waals surface area contributed by atoms with Crippen molar-refractivity contribution in [2.45, 2.75) is 95.8 Å². The highest BCUT2D eigenvalue weighted by Gasteiger charge is 2.72. The zero-order valence-corrected chi connectivity index (χ0v) is 25.8. The van der Waals surface area contributed by atoms with Crippen molar-refractivity contribution in [3.8, 4) is 11.5 Å². The number of amides is 4. The third-order valence-electron chi connectivity index (χ3n) is 9.81. The molecule has 2 aliphatic carbocycles. The Kier molecular flexibility index (Phi) is 7.99. The monoisotopic (exact) mass is 599 g/mol. The summed E-state index contributed by atoms with van der Waals surface area (Å²) in [6, 6.07) is 11.8. The maximum absolute atomic E-state index is 15.3. The average molecular weight is 600 g/mol. The van der Waals surface area contributed by atoms with Crippen LogP contribution in [0.25, 0.3) is 0 Å². The molecule has 2 heterocycles. The minimum Gasteiger partial charge on any atom is -0.506 e. The van der Waals surface area contributed by atoms with Crippen molar-refractivity contribution < 1.29 is 29.0 Å². The summed E-state index contributed by atoms with van der Waals surface area (Å²) < 4.78 is 5.31. The van der Waals surface area contributed by atoms with E-state index in [1.54, 1.807) is 47.4 Å². The SMILES string of the molecule is COc1ccc(C(=O)C2=C(C(C)C)C(=O)N(c3ccccc3O)C23C(=O)N(C2CCCCC2)C(=O)N3C2CCCCC2)cc1. The molecular weight excluding hydrogens is 558 g/mol. The number of Topliss-reactive ketones (excluding diaryl/α,β-unsaturated/α-hetero) is 1. The van der Waals surface area contributed by atoms with Gasteiger partial charge in [-0.25, -0.2) is 4.79 Å². The number of benzene rings is 2. The standard InChI is InChI=1S/C35H41N3O6/c1-22(2)29-30(31(40)23-18-20-26(44-3)21-19-23)35(38(32(29)41)27-16-10-11-17-28(27)39)33(42)36(24-12-6-4-7-13-24)34(43)37(35)25-14-8-5-9-15-25/h10-11,16-22,24-25,39H,4-9,12-15H2,1-3H3. The lowest BCUT2D eigenvalue weighted by atomic mass is 9.83. The summed E-state index contributed by atoms with van der Waals surface area (Å²) in [5.74, 6) is -1.72. The summed E-state index contributed by atoms with van der Waals surface area (Å²) in [5.41, 5.74) is -1.50. The number of para-hydroxylation sites is 2. The highest BCUT2D eigenvalue weighted by atomic mass is 16.5. The van der Waals surface area contributed by atoms with E-state index in [1.165, 1.54) is 23.0 Å². The molecule has 1 atom stereocenters. The Hall–Kier alpha value is -4.14. The van der Waals surface area contributed by atoms with Gasteiger partial charge in [0.15, 0.2) is 5.78 Å². The normalized spacial score (nSPS) is 23.5. The number of ether oxygens (including phenoxy) is 1. The highest BCUT2D eigenvalue weighted by Crippen LogP contribution is 2.53. The van der Waals surface area contributed by atoms with Crippen LogP contribution >= 0.6 is 0 Å². The first-order valence-corrected chi connectivity index (χ1v) is 16.0. The molecule has 44 heavy (non-hydrogen) atoms. The molecule has 2 aromatic carbocycles. The van der Waals surface area contributed by atoms with Gasteiger partial charge in [0.25, 0.3) is 11.8 Å². The van der Waals surface area contributed by atoms with Crippen molar-refractivity contribution in [1.29, 1.82) is 0 Å². The van der Waals surface area contributed by atoms with Gasteiger partial charge in [0.2, 0.25) is 5.66 Å². The fourth-order valence-corrected chi connectivity index (χ4v) is 7.78. The number of nitrogens with zero attached hydrogens (tertiary/aromatic N) is 3. The van der Waals surface area contributed by atoms with Crippen LogP contribution in [0.4, 0.5) is 10.5 Å². The van der Waals surface area contributed by atoms with Crippen LogP contribution in [-0.4, -0.2) is 63.4 Å². The van der Waals surface area contributed by atoms with Crippen LogP contribution in [0.5, 0.6) is 11.5 Å². The van der Waals surface area contributed by atoms with Crippen molar-refractivity contribution in [3.63, 3.8) is 0 Å². The molecular formula is C35H41N3O6. The molecule has 4 amide bonds.